The van der Waals surface area contributed by atoms with Gasteiger partial charge in [-0.25, -0.2) is 0 Å². The van der Waals surface area contributed by atoms with Crippen molar-refractivity contribution in [2.24, 2.45) is 5.92 Å². The van der Waals surface area contributed by atoms with Gasteiger partial charge in [0.1, 0.15) is 0 Å². The van der Waals surface area contributed by atoms with Gasteiger partial charge in [-0.3, -0.25) is 9.69 Å². The fourth-order valence-corrected chi connectivity index (χ4v) is 2.90. The molecule has 0 bridgehead atoms. The second kappa shape index (κ2) is 7.72. The van der Waals surface area contributed by atoms with E-state index >= 15 is 0 Å². The van der Waals surface area contributed by atoms with Gasteiger partial charge in [-0.1, -0.05) is 31.8 Å². The fourth-order valence-electron chi connectivity index (χ4n) is 2.90. The highest BCUT2D eigenvalue weighted by Gasteiger charge is 2.28. The molecular weight excluding hydrogens is 280 g/mol. The molecular formula is C16H28N4O2. The van der Waals surface area contributed by atoms with E-state index in [0.717, 1.165) is 31.6 Å². The van der Waals surface area contributed by atoms with Gasteiger partial charge in [-0.05, 0) is 32.4 Å². The van der Waals surface area contributed by atoms with Gasteiger partial charge >= 0.3 is 0 Å². The van der Waals surface area contributed by atoms with Crippen molar-refractivity contribution < 1.29 is 9.32 Å². The maximum absolute atomic E-state index is 12.6. The molecule has 0 N–H and O–H groups in total. The SMILES string of the molecule is CC(C)Cc1noc(CN(C)C(=O)C2CCCCCN2C)n1. The Balaban J connectivity index is 1.94. The number of nitrogens with zero attached hydrogens (tertiary/aromatic N) is 4. The number of rotatable bonds is 5. The van der Waals surface area contributed by atoms with Crippen LogP contribution in [0.15, 0.2) is 4.52 Å². The lowest BCUT2D eigenvalue weighted by Gasteiger charge is -2.28. The molecule has 2 heterocycles. The zero-order valence-electron chi connectivity index (χ0n) is 14.2. The molecule has 1 aliphatic heterocycles. The summed E-state index contributed by atoms with van der Waals surface area (Å²) in [5.41, 5.74) is 0. The highest BCUT2D eigenvalue weighted by Crippen LogP contribution is 2.17. The summed E-state index contributed by atoms with van der Waals surface area (Å²) in [6.07, 6.45) is 5.23. The molecule has 0 aromatic carbocycles. The maximum Gasteiger partial charge on any atom is 0.246 e. The van der Waals surface area contributed by atoms with Crippen LogP contribution in [-0.2, 0) is 17.8 Å². The zero-order chi connectivity index (χ0) is 16.1. The first-order valence-electron chi connectivity index (χ1n) is 8.24. The molecule has 22 heavy (non-hydrogen) atoms. The summed E-state index contributed by atoms with van der Waals surface area (Å²) in [5.74, 6) is 1.87. The largest absolute Gasteiger partial charge is 0.337 e. The first kappa shape index (κ1) is 16.9. The summed E-state index contributed by atoms with van der Waals surface area (Å²) in [4.78, 5) is 20.9. The van der Waals surface area contributed by atoms with Crippen LogP contribution in [0.1, 0.15) is 51.2 Å². The molecule has 1 aliphatic rings. The Morgan fingerprint density at radius 1 is 1.41 bits per heavy atom. The predicted octanol–water partition coefficient (Wildman–Crippen LogP) is 2.10. The van der Waals surface area contributed by atoms with Gasteiger partial charge in [0.15, 0.2) is 5.82 Å². The van der Waals surface area contributed by atoms with E-state index in [9.17, 15) is 4.79 Å². The van der Waals surface area contributed by atoms with Crippen LogP contribution in [0.3, 0.4) is 0 Å². The zero-order valence-corrected chi connectivity index (χ0v) is 14.2. The molecule has 1 unspecified atom stereocenters. The summed E-state index contributed by atoms with van der Waals surface area (Å²) in [6.45, 7) is 5.61. The highest BCUT2D eigenvalue weighted by atomic mass is 16.5. The minimum absolute atomic E-state index is 0.0226. The van der Waals surface area contributed by atoms with Gasteiger partial charge in [0, 0.05) is 13.5 Å². The number of hydrogen-bond donors (Lipinski definition) is 0. The van der Waals surface area contributed by atoms with Crippen molar-refractivity contribution in [3.63, 3.8) is 0 Å². The van der Waals surface area contributed by atoms with Crippen LogP contribution < -0.4 is 0 Å². The van der Waals surface area contributed by atoms with Gasteiger partial charge < -0.3 is 9.42 Å². The van der Waals surface area contributed by atoms with Crippen molar-refractivity contribution in [1.82, 2.24) is 19.9 Å². The molecule has 6 nitrogen and oxygen atoms in total. The standard InChI is InChI=1S/C16H28N4O2/c1-12(2)10-14-17-15(22-18-14)11-20(4)16(21)13-8-6-5-7-9-19(13)3/h12-13H,5-11H2,1-4H3. The Hall–Kier alpha value is -1.43. The Morgan fingerprint density at radius 3 is 2.91 bits per heavy atom. The summed E-state index contributed by atoms with van der Waals surface area (Å²) in [5, 5.41) is 3.98. The topological polar surface area (TPSA) is 62.5 Å². The van der Waals surface area contributed by atoms with Gasteiger partial charge in [-0.2, -0.15) is 4.98 Å². The van der Waals surface area contributed by atoms with E-state index in [1.54, 1.807) is 4.90 Å². The van der Waals surface area contributed by atoms with Crippen molar-refractivity contribution in [2.45, 2.75) is 58.5 Å². The van der Waals surface area contributed by atoms with E-state index in [-0.39, 0.29) is 11.9 Å². The molecule has 0 saturated carbocycles. The Morgan fingerprint density at radius 2 is 2.18 bits per heavy atom. The van der Waals surface area contributed by atoms with Gasteiger partial charge in [0.25, 0.3) is 0 Å². The Bertz CT molecular complexity index is 486. The van der Waals surface area contributed by atoms with Crippen molar-refractivity contribution in [1.29, 1.82) is 0 Å². The minimum atomic E-state index is -0.0226. The molecule has 0 aliphatic carbocycles. The number of likely N-dealkylation sites (N-methyl/N-ethyl adjacent to an activating group) is 2. The summed E-state index contributed by atoms with van der Waals surface area (Å²) < 4.78 is 5.26. The molecule has 1 aromatic rings. The van der Waals surface area contributed by atoms with Crippen LogP contribution in [0.25, 0.3) is 0 Å². The number of hydrogen-bond acceptors (Lipinski definition) is 5. The molecule has 1 fully saturated rings. The first-order chi connectivity index (χ1) is 10.5. The molecule has 1 amide bonds. The third-order valence-corrected chi connectivity index (χ3v) is 4.16. The first-order valence-corrected chi connectivity index (χ1v) is 8.24. The normalized spacial score (nSPS) is 20.1. The third-order valence-electron chi connectivity index (χ3n) is 4.16. The van der Waals surface area contributed by atoms with E-state index in [1.165, 1.54) is 12.8 Å². The van der Waals surface area contributed by atoms with Crippen LogP contribution in [0.5, 0.6) is 0 Å². The molecule has 1 saturated heterocycles. The monoisotopic (exact) mass is 308 g/mol. The quantitative estimate of drug-likeness (QED) is 0.833. The lowest BCUT2D eigenvalue weighted by atomic mass is 10.1. The number of amides is 1. The van der Waals surface area contributed by atoms with Crippen LogP contribution in [0, 0.1) is 5.92 Å². The molecule has 1 aromatic heterocycles. The van der Waals surface area contributed by atoms with E-state index in [1.807, 2.05) is 14.1 Å². The Kier molecular flexibility index (Phi) is 5.94. The van der Waals surface area contributed by atoms with E-state index in [2.05, 4.69) is 28.9 Å². The van der Waals surface area contributed by atoms with Crippen molar-refractivity contribution in [3.05, 3.63) is 11.7 Å². The van der Waals surface area contributed by atoms with Gasteiger partial charge in [-0.15, -0.1) is 0 Å². The van der Waals surface area contributed by atoms with E-state index < -0.39 is 0 Å². The van der Waals surface area contributed by atoms with Gasteiger partial charge in [0.05, 0.1) is 12.6 Å². The summed E-state index contributed by atoms with van der Waals surface area (Å²) >= 11 is 0. The third kappa shape index (κ3) is 4.53. The molecule has 0 spiro atoms. The molecule has 0 radical (unpaired) electrons. The van der Waals surface area contributed by atoms with Crippen LogP contribution in [-0.4, -0.2) is 52.5 Å². The van der Waals surface area contributed by atoms with Crippen LogP contribution >= 0.6 is 0 Å². The molecule has 6 heteroatoms. The fraction of sp³-hybridized carbons (Fsp3) is 0.812. The average Bonchev–Trinajstić information content (AvgIpc) is 2.76. The predicted molar refractivity (Wildman–Crippen MR) is 84.2 cm³/mol. The van der Waals surface area contributed by atoms with Gasteiger partial charge in [0.2, 0.25) is 11.8 Å². The van der Waals surface area contributed by atoms with Crippen molar-refractivity contribution in [3.8, 4) is 0 Å². The van der Waals surface area contributed by atoms with E-state index in [4.69, 9.17) is 4.52 Å². The average molecular weight is 308 g/mol. The van der Waals surface area contributed by atoms with Crippen molar-refractivity contribution in [2.75, 3.05) is 20.6 Å². The highest BCUT2D eigenvalue weighted by molar-refractivity contribution is 5.81. The van der Waals surface area contributed by atoms with Crippen LogP contribution in [0.2, 0.25) is 0 Å². The maximum atomic E-state index is 12.6. The number of aromatic nitrogens is 2. The van der Waals surface area contributed by atoms with E-state index in [0.29, 0.717) is 18.4 Å². The smallest absolute Gasteiger partial charge is 0.246 e. The lowest BCUT2D eigenvalue weighted by Crippen LogP contribution is -2.45. The second-order valence-corrected chi connectivity index (χ2v) is 6.74. The van der Waals surface area contributed by atoms with Crippen LogP contribution in [0.4, 0.5) is 0 Å². The minimum Gasteiger partial charge on any atom is -0.337 e. The second-order valence-electron chi connectivity index (χ2n) is 6.74. The number of likely N-dealkylation sites (tertiary alicyclic amines) is 1. The molecule has 1 atom stereocenters. The Labute approximate surface area is 132 Å². The summed E-state index contributed by atoms with van der Waals surface area (Å²) in [6, 6.07) is -0.0226. The molecule has 2 rings (SSSR count). The number of carbonyl (C=O) groups is 1. The van der Waals surface area contributed by atoms with Crippen molar-refractivity contribution >= 4 is 5.91 Å². The lowest BCUT2D eigenvalue weighted by molar-refractivity contribution is -0.136. The summed E-state index contributed by atoms with van der Waals surface area (Å²) in [7, 11) is 3.85. The number of carbonyl (C=O) groups excluding carboxylic acids is 1. The molecule has 124 valence electrons.